The molecule has 0 bridgehead atoms. The van der Waals surface area contributed by atoms with E-state index in [1.54, 1.807) is 37.5 Å². The average molecular weight is 441 g/mol. The third-order valence-electron chi connectivity index (χ3n) is 4.62. The number of benzene rings is 2. The number of hydrogen-bond donors (Lipinski definition) is 1. The fourth-order valence-corrected chi connectivity index (χ4v) is 3.96. The highest BCUT2D eigenvalue weighted by Gasteiger charge is 2.36. The number of amides is 3. The lowest BCUT2D eigenvalue weighted by molar-refractivity contribution is -0.127. The minimum atomic E-state index is -0.500. The number of nitrogens with zero attached hydrogens (tertiary/aromatic N) is 1. The SMILES string of the molecule is CCOc1cc(/C=C2/SC(=O)N(CC(=O)Nc3ccc(C)cc3C)C2=O)ccc1OC. The number of imide groups is 1. The van der Waals surface area contributed by atoms with E-state index in [9.17, 15) is 14.4 Å². The smallest absolute Gasteiger partial charge is 0.294 e. The van der Waals surface area contributed by atoms with Crippen LogP contribution in [0, 0.1) is 13.8 Å². The second kappa shape index (κ2) is 9.70. The Labute approximate surface area is 185 Å². The molecule has 1 aliphatic rings. The number of anilines is 1. The molecule has 3 amide bonds. The third kappa shape index (κ3) is 5.27. The first-order chi connectivity index (χ1) is 14.8. The van der Waals surface area contributed by atoms with Gasteiger partial charge in [0.15, 0.2) is 11.5 Å². The van der Waals surface area contributed by atoms with E-state index in [4.69, 9.17) is 9.47 Å². The van der Waals surface area contributed by atoms with Gasteiger partial charge in [-0.15, -0.1) is 0 Å². The molecule has 2 aromatic rings. The topological polar surface area (TPSA) is 84.9 Å². The van der Waals surface area contributed by atoms with Crippen LogP contribution in [-0.4, -0.2) is 42.2 Å². The molecule has 0 aliphatic carbocycles. The molecule has 162 valence electrons. The Kier molecular flexibility index (Phi) is 7.02. The number of rotatable bonds is 7. The van der Waals surface area contributed by atoms with Crippen LogP contribution in [-0.2, 0) is 9.59 Å². The first-order valence-electron chi connectivity index (χ1n) is 9.75. The van der Waals surface area contributed by atoms with Crippen LogP contribution in [0.25, 0.3) is 6.08 Å². The second-order valence-corrected chi connectivity index (χ2v) is 7.97. The maximum Gasteiger partial charge on any atom is 0.294 e. The summed E-state index contributed by atoms with van der Waals surface area (Å²) in [6.45, 7) is 5.83. The predicted octanol–water partition coefficient (Wildman–Crippen LogP) is 4.39. The number of carbonyl (C=O) groups is 3. The number of carbonyl (C=O) groups excluding carboxylic acids is 3. The molecule has 0 radical (unpaired) electrons. The lowest BCUT2D eigenvalue weighted by Crippen LogP contribution is -2.36. The van der Waals surface area contributed by atoms with E-state index < -0.39 is 17.1 Å². The molecule has 1 saturated heterocycles. The van der Waals surface area contributed by atoms with Gasteiger partial charge in [0.1, 0.15) is 6.54 Å². The summed E-state index contributed by atoms with van der Waals surface area (Å²) in [4.78, 5) is 38.7. The molecule has 1 fully saturated rings. The Morgan fingerprint density at radius 3 is 2.58 bits per heavy atom. The van der Waals surface area contributed by atoms with Crippen molar-refractivity contribution in [3.63, 3.8) is 0 Å². The van der Waals surface area contributed by atoms with Gasteiger partial charge in [-0.2, -0.15) is 0 Å². The predicted molar refractivity (Wildman–Crippen MR) is 121 cm³/mol. The zero-order chi connectivity index (χ0) is 22.5. The number of methoxy groups -OCH3 is 1. The number of ether oxygens (including phenoxy) is 2. The van der Waals surface area contributed by atoms with Gasteiger partial charge in [-0.25, -0.2) is 0 Å². The third-order valence-corrected chi connectivity index (χ3v) is 5.52. The molecule has 0 aromatic heterocycles. The summed E-state index contributed by atoms with van der Waals surface area (Å²) in [6, 6.07) is 10.9. The Hall–Kier alpha value is -3.26. The van der Waals surface area contributed by atoms with Gasteiger partial charge >= 0.3 is 0 Å². The van der Waals surface area contributed by atoms with Gasteiger partial charge in [-0.05, 0) is 67.9 Å². The van der Waals surface area contributed by atoms with Crippen LogP contribution in [0.1, 0.15) is 23.6 Å². The summed E-state index contributed by atoms with van der Waals surface area (Å²) < 4.78 is 10.8. The zero-order valence-electron chi connectivity index (χ0n) is 17.9. The molecule has 8 heteroatoms. The highest BCUT2D eigenvalue weighted by atomic mass is 32.2. The van der Waals surface area contributed by atoms with Crippen molar-refractivity contribution in [1.82, 2.24) is 4.90 Å². The van der Waals surface area contributed by atoms with Crippen molar-refractivity contribution in [2.24, 2.45) is 0 Å². The monoisotopic (exact) mass is 440 g/mol. The molecule has 0 spiro atoms. The summed E-state index contributed by atoms with van der Waals surface area (Å²) in [5.74, 6) is 0.194. The van der Waals surface area contributed by atoms with Gasteiger partial charge in [0.05, 0.1) is 18.6 Å². The van der Waals surface area contributed by atoms with Gasteiger partial charge < -0.3 is 14.8 Å². The molecule has 1 N–H and O–H groups in total. The number of hydrogen-bond acceptors (Lipinski definition) is 6. The lowest BCUT2D eigenvalue weighted by Gasteiger charge is -2.14. The molecule has 31 heavy (non-hydrogen) atoms. The van der Waals surface area contributed by atoms with Crippen molar-refractivity contribution in [1.29, 1.82) is 0 Å². The lowest BCUT2D eigenvalue weighted by atomic mass is 10.1. The number of thioether (sulfide) groups is 1. The van der Waals surface area contributed by atoms with Gasteiger partial charge in [-0.1, -0.05) is 23.8 Å². The van der Waals surface area contributed by atoms with Gasteiger partial charge in [0.25, 0.3) is 11.1 Å². The van der Waals surface area contributed by atoms with E-state index >= 15 is 0 Å². The largest absolute Gasteiger partial charge is 0.493 e. The van der Waals surface area contributed by atoms with Crippen LogP contribution < -0.4 is 14.8 Å². The molecule has 7 nitrogen and oxygen atoms in total. The fraction of sp³-hybridized carbons (Fsp3) is 0.261. The van der Waals surface area contributed by atoms with Gasteiger partial charge in [0, 0.05) is 5.69 Å². The summed E-state index contributed by atoms with van der Waals surface area (Å²) in [5.41, 5.74) is 3.33. The van der Waals surface area contributed by atoms with E-state index in [1.807, 2.05) is 32.9 Å². The molecule has 0 atom stereocenters. The first kappa shape index (κ1) is 22.4. The minimum Gasteiger partial charge on any atom is -0.493 e. The molecule has 2 aromatic carbocycles. The molecular formula is C23H24N2O5S. The van der Waals surface area contributed by atoms with Crippen LogP contribution >= 0.6 is 11.8 Å². The maximum atomic E-state index is 12.7. The number of nitrogens with one attached hydrogen (secondary N) is 1. The van der Waals surface area contributed by atoms with Crippen LogP contribution in [0.3, 0.4) is 0 Å². The van der Waals surface area contributed by atoms with Crippen molar-refractivity contribution in [2.75, 3.05) is 25.6 Å². The van der Waals surface area contributed by atoms with Crippen LogP contribution in [0.5, 0.6) is 11.5 Å². The molecule has 1 aliphatic heterocycles. The van der Waals surface area contributed by atoms with E-state index in [1.165, 1.54) is 0 Å². The van der Waals surface area contributed by atoms with E-state index in [-0.39, 0.29) is 11.4 Å². The Balaban J connectivity index is 1.73. The van der Waals surface area contributed by atoms with E-state index in [0.29, 0.717) is 29.4 Å². The quantitative estimate of drug-likeness (QED) is 0.643. The highest BCUT2D eigenvalue weighted by molar-refractivity contribution is 8.18. The standard InChI is InChI=1S/C23H24N2O5S/c1-5-30-19-11-16(7-9-18(19)29-4)12-20-22(27)25(23(28)31-20)13-21(26)24-17-8-6-14(2)10-15(17)3/h6-12H,5,13H2,1-4H3,(H,24,26)/b20-12+. The summed E-state index contributed by atoms with van der Waals surface area (Å²) in [5, 5.41) is 2.28. The zero-order valence-corrected chi connectivity index (χ0v) is 18.7. The molecule has 3 rings (SSSR count). The maximum absolute atomic E-state index is 12.7. The van der Waals surface area contributed by atoms with Crippen LogP contribution in [0.15, 0.2) is 41.3 Å². The van der Waals surface area contributed by atoms with Crippen molar-refractivity contribution >= 4 is 40.6 Å². The Morgan fingerprint density at radius 1 is 1.13 bits per heavy atom. The number of aryl methyl sites for hydroxylation is 2. The molecule has 1 heterocycles. The van der Waals surface area contributed by atoms with E-state index in [0.717, 1.165) is 27.8 Å². The van der Waals surface area contributed by atoms with Crippen molar-refractivity contribution in [3.05, 3.63) is 58.0 Å². The summed E-state index contributed by atoms with van der Waals surface area (Å²) in [7, 11) is 1.55. The Morgan fingerprint density at radius 2 is 1.90 bits per heavy atom. The Bertz CT molecular complexity index is 1060. The highest BCUT2D eigenvalue weighted by Crippen LogP contribution is 2.34. The van der Waals surface area contributed by atoms with Crippen molar-refractivity contribution in [2.45, 2.75) is 20.8 Å². The minimum absolute atomic E-state index is 0.247. The van der Waals surface area contributed by atoms with Crippen molar-refractivity contribution < 1.29 is 23.9 Å². The van der Waals surface area contributed by atoms with Crippen LogP contribution in [0.2, 0.25) is 0 Å². The molecule has 0 unspecified atom stereocenters. The van der Waals surface area contributed by atoms with Crippen LogP contribution in [0.4, 0.5) is 10.5 Å². The van der Waals surface area contributed by atoms with Crippen molar-refractivity contribution in [3.8, 4) is 11.5 Å². The van der Waals surface area contributed by atoms with Gasteiger partial charge in [0.2, 0.25) is 5.91 Å². The fourth-order valence-electron chi connectivity index (χ4n) is 3.13. The van der Waals surface area contributed by atoms with Gasteiger partial charge in [-0.3, -0.25) is 19.3 Å². The average Bonchev–Trinajstić information content (AvgIpc) is 2.98. The summed E-state index contributed by atoms with van der Waals surface area (Å²) in [6.07, 6.45) is 1.61. The normalized spacial score (nSPS) is 14.8. The first-order valence-corrected chi connectivity index (χ1v) is 10.6. The van der Waals surface area contributed by atoms with E-state index in [2.05, 4.69) is 5.32 Å². The molecular weight excluding hydrogens is 416 g/mol. The summed E-state index contributed by atoms with van der Waals surface area (Å²) >= 11 is 0.806. The molecule has 0 saturated carbocycles. The second-order valence-electron chi connectivity index (χ2n) is 6.98.